The van der Waals surface area contributed by atoms with Gasteiger partial charge in [-0.15, -0.1) is 0 Å². The summed E-state index contributed by atoms with van der Waals surface area (Å²) in [6, 6.07) is 1.19. The molecule has 0 aliphatic heterocycles. The highest BCUT2D eigenvalue weighted by atomic mass is 16.3. The first-order valence-corrected chi connectivity index (χ1v) is 8.31. The van der Waals surface area contributed by atoms with Crippen molar-refractivity contribution in [3.63, 3.8) is 0 Å². The maximum Gasteiger partial charge on any atom is 0.0662 e. The molecule has 1 fully saturated rings. The Kier molecular flexibility index (Phi) is 8.03. The molecule has 0 bridgehead atoms. The normalized spacial score (nSPS) is 29.7. The Hall–Kier alpha value is -0.160. The fourth-order valence-electron chi connectivity index (χ4n) is 3.57. The highest BCUT2D eigenvalue weighted by Gasteiger charge is 2.30. The number of rotatable bonds is 8. The van der Waals surface area contributed by atoms with Crippen molar-refractivity contribution in [2.24, 2.45) is 17.6 Å². The molecule has 4 heteroatoms. The lowest BCUT2D eigenvalue weighted by atomic mass is 9.74. The molecule has 0 aromatic heterocycles. The largest absolute Gasteiger partial charge is 0.392 e. The predicted molar refractivity (Wildman–Crippen MR) is 85.7 cm³/mol. The summed E-state index contributed by atoms with van der Waals surface area (Å²) in [4.78, 5) is 0. The molecule has 1 aliphatic rings. The standard InChI is InChI=1S/C16H35N3O/c1-11(13(3)20)19-12(2)14-6-5-7-15(10-14)16(18-4)8-9-17/h11-16,18-20H,5-10,17H2,1-4H3/t11-,12?,13?,14?,15?,16?/m1/s1. The van der Waals surface area contributed by atoms with E-state index in [4.69, 9.17) is 5.73 Å². The van der Waals surface area contributed by atoms with Crippen LogP contribution in [0.25, 0.3) is 0 Å². The summed E-state index contributed by atoms with van der Waals surface area (Å²) in [6.45, 7) is 6.95. The van der Waals surface area contributed by atoms with Crippen molar-refractivity contribution >= 4 is 0 Å². The van der Waals surface area contributed by atoms with E-state index in [1.807, 2.05) is 6.92 Å². The lowest BCUT2D eigenvalue weighted by molar-refractivity contribution is 0.125. The Morgan fingerprint density at radius 2 is 1.85 bits per heavy atom. The first-order valence-electron chi connectivity index (χ1n) is 8.31. The van der Waals surface area contributed by atoms with Crippen LogP contribution in [0.2, 0.25) is 0 Å². The van der Waals surface area contributed by atoms with Gasteiger partial charge >= 0.3 is 0 Å². The summed E-state index contributed by atoms with van der Waals surface area (Å²) in [5.41, 5.74) is 5.73. The van der Waals surface area contributed by atoms with E-state index in [9.17, 15) is 5.11 Å². The average molecular weight is 285 g/mol. The van der Waals surface area contributed by atoms with Crippen LogP contribution in [0, 0.1) is 11.8 Å². The van der Waals surface area contributed by atoms with E-state index in [0.717, 1.165) is 18.9 Å². The average Bonchev–Trinajstić information content (AvgIpc) is 2.44. The van der Waals surface area contributed by atoms with Gasteiger partial charge in [0.1, 0.15) is 0 Å². The van der Waals surface area contributed by atoms with Gasteiger partial charge in [-0.25, -0.2) is 0 Å². The number of aliphatic hydroxyl groups is 1. The smallest absolute Gasteiger partial charge is 0.0662 e. The third-order valence-corrected chi connectivity index (χ3v) is 5.13. The topological polar surface area (TPSA) is 70.3 Å². The third kappa shape index (κ3) is 5.32. The summed E-state index contributed by atoms with van der Waals surface area (Å²) in [7, 11) is 2.06. The molecule has 0 heterocycles. The zero-order valence-electron chi connectivity index (χ0n) is 13.7. The highest BCUT2D eigenvalue weighted by Crippen LogP contribution is 2.34. The minimum atomic E-state index is -0.292. The fraction of sp³-hybridized carbons (Fsp3) is 1.00. The summed E-state index contributed by atoms with van der Waals surface area (Å²) < 4.78 is 0. The molecule has 120 valence electrons. The fourth-order valence-corrected chi connectivity index (χ4v) is 3.57. The van der Waals surface area contributed by atoms with Crippen molar-refractivity contribution in [3.8, 4) is 0 Å². The van der Waals surface area contributed by atoms with Crippen molar-refractivity contribution in [2.75, 3.05) is 13.6 Å². The lowest BCUT2D eigenvalue weighted by Gasteiger charge is -2.38. The van der Waals surface area contributed by atoms with E-state index >= 15 is 0 Å². The van der Waals surface area contributed by atoms with Crippen molar-refractivity contribution in [2.45, 2.75) is 77.1 Å². The summed E-state index contributed by atoms with van der Waals surface area (Å²) in [6.07, 6.45) is 5.98. The minimum absolute atomic E-state index is 0.162. The second kappa shape index (κ2) is 8.98. The summed E-state index contributed by atoms with van der Waals surface area (Å²) >= 11 is 0. The molecule has 0 amide bonds. The Morgan fingerprint density at radius 1 is 1.20 bits per heavy atom. The maximum absolute atomic E-state index is 9.63. The van der Waals surface area contributed by atoms with Crippen LogP contribution in [0.5, 0.6) is 0 Å². The van der Waals surface area contributed by atoms with E-state index in [2.05, 4.69) is 31.5 Å². The van der Waals surface area contributed by atoms with Crippen LogP contribution >= 0.6 is 0 Å². The highest BCUT2D eigenvalue weighted by molar-refractivity contribution is 4.87. The molecule has 0 saturated heterocycles. The number of hydrogen-bond acceptors (Lipinski definition) is 4. The van der Waals surface area contributed by atoms with E-state index in [-0.39, 0.29) is 12.1 Å². The molecule has 5 unspecified atom stereocenters. The molecule has 1 saturated carbocycles. The Bertz CT molecular complexity index is 260. The van der Waals surface area contributed by atoms with Crippen molar-refractivity contribution in [1.29, 1.82) is 0 Å². The van der Waals surface area contributed by atoms with Gasteiger partial charge in [-0.05, 0) is 71.9 Å². The second-order valence-electron chi connectivity index (χ2n) is 6.64. The van der Waals surface area contributed by atoms with E-state index in [1.54, 1.807) is 0 Å². The van der Waals surface area contributed by atoms with Crippen molar-refractivity contribution < 1.29 is 5.11 Å². The van der Waals surface area contributed by atoms with Gasteiger partial charge < -0.3 is 21.5 Å². The number of hydrogen-bond donors (Lipinski definition) is 4. The van der Waals surface area contributed by atoms with Gasteiger partial charge in [-0.2, -0.15) is 0 Å². The molecule has 0 aromatic rings. The van der Waals surface area contributed by atoms with Crippen LogP contribution in [0.15, 0.2) is 0 Å². The molecule has 0 spiro atoms. The molecule has 6 atom stereocenters. The summed E-state index contributed by atoms with van der Waals surface area (Å²) in [5.74, 6) is 1.46. The minimum Gasteiger partial charge on any atom is -0.392 e. The van der Waals surface area contributed by atoms with Gasteiger partial charge in [0.05, 0.1) is 6.10 Å². The molecule has 0 radical (unpaired) electrons. The van der Waals surface area contributed by atoms with Gasteiger partial charge in [0.15, 0.2) is 0 Å². The number of nitrogens with one attached hydrogen (secondary N) is 2. The van der Waals surface area contributed by atoms with Crippen molar-refractivity contribution in [3.05, 3.63) is 0 Å². The Morgan fingerprint density at radius 3 is 2.40 bits per heavy atom. The van der Waals surface area contributed by atoms with Gasteiger partial charge in [0, 0.05) is 18.1 Å². The first kappa shape index (κ1) is 17.9. The molecular weight excluding hydrogens is 250 g/mol. The van der Waals surface area contributed by atoms with Crippen LogP contribution in [0.1, 0.15) is 52.9 Å². The molecule has 0 aromatic carbocycles. The zero-order valence-corrected chi connectivity index (χ0v) is 13.7. The van der Waals surface area contributed by atoms with Crippen LogP contribution in [-0.4, -0.2) is 42.9 Å². The van der Waals surface area contributed by atoms with E-state index in [0.29, 0.717) is 18.0 Å². The quantitative estimate of drug-likeness (QED) is 0.545. The van der Waals surface area contributed by atoms with Gasteiger partial charge in [0.2, 0.25) is 0 Å². The molecule has 1 aliphatic carbocycles. The van der Waals surface area contributed by atoms with E-state index in [1.165, 1.54) is 25.7 Å². The predicted octanol–water partition coefficient (Wildman–Crippen LogP) is 1.48. The zero-order chi connectivity index (χ0) is 15.1. The van der Waals surface area contributed by atoms with Gasteiger partial charge in [-0.1, -0.05) is 6.42 Å². The van der Waals surface area contributed by atoms with Crippen LogP contribution < -0.4 is 16.4 Å². The Balaban J connectivity index is 2.50. The van der Waals surface area contributed by atoms with Gasteiger partial charge in [-0.3, -0.25) is 0 Å². The summed E-state index contributed by atoms with van der Waals surface area (Å²) in [5, 5.41) is 16.6. The van der Waals surface area contributed by atoms with Crippen LogP contribution in [0.3, 0.4) is 0 Å². The maximum atomic E-state index is 9.63. The van der Waals surface area contributed by atoms with Crippen LogP contribution in [-0.2, 0) is 0 Å². The molecular formula is C16H35N3O. The van der Waals surface area contributed by atoms with Crippen molar-refractivity contribution in [1.82, 2.24) is 10.6 Å². The monoisotopic (exact) mass is 285 g/mol. The van der Waals surface area contributed by atoms with E-state index < -0.39 is 0 Å². The molecule has 4 nitrogen and oxygen atoms in total. The first-order chi connectivity index (χ1) is 9.49. The molecule has 20 heavy (non-hydrogen) atoms. The van der Waals surface area contributed by atoms with Gasteiger partial charge in [0.25, 0.3) is 0 Å². The molecule has 1 rings (SSSR count). The van der Waals surface area contributed by atoms with Crippen LogP contribution in [0.4, 0.5) is 0 Å². The SMILES string of the molecule is CNC(CCN)C1CCCC(C(C)N[C@H](C)C(C)O)C1. The lowest BCUT2D eigenvalue weighted by Crippen LogP contribution is -2.47. The third-order valence-electron chi connectivity index (χ3n) is 5.13. The molecule has 5 N–H and O–H groups in total. The second-order valence-corrected chi connectivity index (χ2v) is 6.64. The number of aliphatic hydroxyl groups excluding tert-OH is 1. The Labute approximate surface area is 124 Å². The number of nitrogens with two attached hydrogens (primary N) is 1.